The molecule has 2 aromatic carbocycles. The molecule has 0 atom stereocenters. The normalized spacial score (nSPS) is 11.0. The first-order valence-corrected chi connectivity index (χ1v) is 6.94. The Labute approximate surface area is 136 Å². The number of Topliss-reactive ketones (excluding diaryl/α,β-unsaturated/α-hetero) is 1. The van der Waals surface area contributed by atoms with Crippen LogP contribution in [0.4, 0.5) is 13.2 Å². The zero-order chi connectivity index (χ0) is 17.7. The van der Waals surface area contributed by atoms with Gasteiger partial charge < -0.3 is 10.1 Å². The highest BCUT2D eigenvalue weighted by Crippen LogP contribution is 2.29. The zero-order valence-electron chi connectivity index (χ0n) is 12.7. The van der Waals surface area contributed by atoms with Crippen LogP contribution in [0.2, 0.25) is 0 Å². The molecule has 0 unspecified atom stereocenters. The molecule has 0 aliphatic heterocycles. The molecule has 0 saturated carbocycles. The molecular formula is C17H14F3NO3. The van der Waals surface area contributed by atoms with E-state index in [4.69, 9.17) is 4.74 Å². The number of nitrogens with one attached hydrogen (secondary N) is 1. The Morgan fingerprint density at radius 3 is 2.00 bits per heavy atom. The highest BCUT2D eigenvalue weighted by Gasteiger charge is 2.30. The molecule has 4 nitrogen and oxygen atoms in total. The lowest BCUT2D eigenvalue weighted by molar-refractivity contribution is -0.137. The number of ketones is 1. The zero-order valence-corrected chi connectivity index (χ0v) is 12.7. The maximum absolute atomic E-state index is 12.5. The van der Waals surface area contributed by atoms with Crippen molar-refractivity contribution in [2.45, 2.75) is 6.18 Å². The fourth-order valence-electron chi connectivity index (χ4n) is 1.95. The Morgan fingerprint density at radius 1 is 0.958 bits per heavy atom. The minimum Gasteiger partial charge on any atom is -0.497 e. The maximum atomic E-state index is 12.5. The van der Waals surface area contributed by atoms with E-state index in [9.17, 15) is 22.8 Å². The Hall–Kier alpha value is -2.83. The van der Waals surface area contributed by atoms with Crippen LogP contribution in [0.5, 0.6) is 5.75 Å². The molecule has 1 N–H and O–H groups in total. The van der Waals surface area contributed by atoms with Gasteiger partial charge in [0.05, 0.1) is 19.2 Å². The summed E-state index contributed by atoms with van der Waals surface area (Å²) in [6.45, 7) is -0.258. The molecule has 126 valence electrons. The third-order valence-corrected chi connectivity index (χ3v) is 3.30. The number of methoxy groups -OCH3 is 1. The summed E-state index contributed by atoms with van der Waals surface area (Å²) in [7, 11) is 1.50. The van der Waals surface area contributed by atoms with E-state index in [1.54, 1.807) is 24.3 Å². The average molecular weight is 337 g/mol. The lowest BCUT2D eigenvalue weighted by Crippen LogP contribution is -2.29. The van der Waals surface area contributed by atoms with Crippen LogP contribution in [-0.2, 0) is 6.18 Å². The summed E-state index contributed by atoms with van der Waals surface area (Å²) in [6.07, 6.45) is -4.46. The first-order chi connectivity index (χ1) is 11.3. The molecule has 0 saturated heterocycles. The van der Waals surface area contributed by atoms with Crippen LogP contribution in [0.3, 0.4) is 0 Å². The van der Waals surface area contributed by atoms with Gasteiger partial charge in [-0.25, -0.2) is 0 Å². The number of halogens is 3. The SMILES string of the molecule is COc1ccc(C(=O)CNC(=O)c2ccc(C(F)(F)F)cc2)cc1. The third kappa shape index (κ3) is 4.34. The van der Waals surface area contributed by atoms with Crippen LogP contribution in [0.1, 0.15) is 26.3 Å². The van der Waals surface area contributed by atoms with Gasteiger partial charge in [0.2, 0.25) is 0 Å². The summed E-state index contributed by atoms with van der Waals surface area (Å²) in [5.41, 5.74) is -0.401. The van der Waals surface area contributed by atoms with Crippen LogP contribution in [-0.4, -0.2) is 25.3 Å². The fourth-order valence-corrected chi connectivity index (χ4v) is 1.95. The van der Waals surface area contributed by atoms with E-state index < -0.39 is 17.6 Å². The van der Waals surface area contributed by atoms with Crippen molar-refractivity contribution < 1.29 is 27.5 Å². The van der Waals surface area contributed by atoms with Gasteiger partial charge in [0.25, 0.3) is 5.91 Å². The van der Waals surface area contributed by atoms with Gasteiger partial charge in [-0.1, -0.05) is 0 Å². The van der Waals surface area contributed by atoms with E-state index in [1.165, 1.54) is 7.11 Å². The maximum Gasteiger partial charge on any atom is 0.416 e. The van der Waals surface area contributed by atoms with Crippen LogP contribution in [0.25, 0.3) is 0 Å². The summed E-state index contributed by atoms with van der Waals surface area (Å²) in [5.74, 6) is -0.344. The number of hydrogen-bond donors (Lipinski definition) is 1. The van der Waals surface area contributed by atoms with Crippen molar-refractivity contribution in [3.63, 3.8) is 0 Å². The Morgan fingerprint density at radius 2 is 1.50 bits per heavy atom. The summed E-state index contributed by atoms with van der Waals surface area (Å²) < 4.78 is 42.4. The molecule has 1 amide bonds. The molecule has 7 heteroatoms. The van der Waals surface area contributed by atoms with Crippen molar-refractivity contribution >= 4 is 11.7 Å². The van der Waals surface area contributed by atoms with E-state index in [1.807, 2.05) is 0 Å². The molecule has 2 rings (SSSR count). The molecule has 0 bridgehead atoms. The molecule has 0 aliphatic carbocycles. The molecular weight excluding hydrogens is 323 g/mol. The summed E-state index contributed by atoms with van der Waals surface area (Å²) in [5, 5.41) is 2.38. The van der Waals surface area contributed by atoms with E-state index in [-0.39, 0.29) is 17.9 Å². The first-order valence-electron chi connectivity index (χ1n) is 6.94. The van der Waals surface area contributed by atoms with Crippen molar-refractivity contribution in [3.8, 4) is 5.75 Å². The molecule has 0 aromatic heterocycles. The number of benzene rings is 2. The van der Waals surface area contributed by atoms with Gasteiger partial charge in [-0.2, -0.15) is 13.2 Å². The van der Waals surface area contributed by atoms with Gasteiger partial charge in [-0.3, -0.25) is 9.59 Å². The van der Waals surface area contributed by atoms with Gasteiger partial charge in [0.15, 0.2) is 5.78 Å². The summed E-state index contributed by atoms with van der Waals surface area (Å²) in [6, 6.07) is 10.1. The van der Waals surface area contributed by atoms with Gasteiger partial charge in [0, 0.05) is 11.1 Å². The molecule has 0 heterocycles. The second-order valence-electron chi connectivity index (χ2n) is 4.91. The number of rotatable bonds is 5. The van der Waals surface area contributed by atoms with Crippen LogP contribution in [0.15, 0.2) is 48.5 Å². The molecule has 0 aliphatic rings. The number of hydrogen-bond acceptors (Lipinski definition) is 3. The number of carbonyl (C=O) groups is 2. The lowest BCUT2D eigenvalue weighted by Gasteiger charge is -2.08. The molecule has 24 heavy (non-hydrogen) atoms. The topological polar surface area (TPSA) is 55.4 Å². The van der Waals surface area contributed by atoms with Gasteiger partial charge in [0.1, 0.15) is 5.75 Å². The van der Waals surface area contributed by atoms with Gasteiger partial charge >= 0.3 is 6.18 Å². The summed E-state index contributed by atoms with van der Waals surface area (Å²) in [4.78, 5) is 23.8. The quantitative estimate of drug-likeness (QED) is 0.852. The van der Waals surface area contributed by atoms with E-state index >= 15 is 0 Å². The Kier molecular flexibility index (Phi) is 5.23. The van der Waals surface area contributed by atoms with E-state index in [0.717, 1.165) is 24.3 Å². The minimum atomic E-state index is -4.46. The molecule has 0 spiro atoms. The Balaban J connectivity index is 1.95. The van der Waals surface area contributed by atoms with Crippen molar-refractivity contribution in [1.82, 2.24) is 5.32 Å². The third-order valence-electron chi connectivity index (χ3n) is 3.30. The molecule has 0 radical (unpaired) electrons. The fraction of sp³-hybridized carbons (Fsp3) is 0.176. The monoisotopic (exact) mass is 337 g/mol. The lowest BCUT2D eigenvalue weighted by atomic mass is 10.1. The second kappa shape index (κ2) is 7.16. The van der Waals surface area contributed by atoms with Crippen LogP contribution < -0.4 is 10.1 Å². The van der Waals surface area contributed by atoms with Crippen molar-refractivity contribution in [3.05, 3.63) is 65.2 Å². The Bertz CT molecular complexity index is 722. The predicted octanol–water partition coefficient (Wildman–Crippen LogP) is 3.33. The van der Waals surface area contributed by atoms with Crippen molar-refractivity contribution in [2.24, 2.45) is 0 Å². The van der Waals surface area contributed by atoms with Gasteiger partial charge in [-0.05, 0) is 48.5 Å². The average Bonchev–Trinajstić information content (AvgIpc) is 2.58. The second-order valence-corrected chi connectivity index (χ2v) is 4.91. The van der Waals surface area contributed by atoms with Crippen molar-refractivity contribution in [1.29, 1.82) is 0 Å². The van der Waals surface area contributed by atoms with Gasteiger partial charge in [-0.15, -0.1) is 0 Å². The molecule has 0 fully saturated rings. The molecule has 2 aromatic rings. The first kappa shape index (κ1) is 17.5. The highest BCUT2D eigenvalue weighted by atomic mass is 19.4. The summed E-state index contributed by atoms with van der Waals surface area (Å²) >= 11 is 0. The predicted molar refractivity (Wildman–Crippen MR) is 81.1 cm³/mol. The number of ether oxygens (including phenoxy) is 1. The number of carbonyl (C=O) groups excluding carboxylic acids is 2. The minimum absolute atomic E-state index is 0.0468. The van der Waals surface area contributed by atoms with E-state index in [0.29, 0.717) is 11.3 Å². The number of amides is 1. The van der Waals surface area contributed by atoms with E-state index in [2.05, 4.69) is 5.32 Å². The smallest absolute Gasteiger partial charge is 0.416 e. The largest absolute Gasteiger partial charge is 0.497 e. The van der Waals surface area contributed by atoms with Crippen molar-refractivity contribution in [2.75, 3.05) is 13.7 Å². The van der Waals surface area contributed by atoms with Crippen LogP contribution in [0, 0.1) is 0 Å². The number of alkyl halides is 3. The highest BCUT2D eigenvalue weighted by molar-refractivity contribution is 6.02. The standard InChI is InChI=1S/C17H14F3NO3/c1-24-14-8-4-11(5-9-14)15(22)10-21-16(23)12-2-6-13(7-3-12)17(18,19)20/h2-9H,10H2,1H3,(H,21,23). The van der Waals surface area contributed by atoms with Crippen LogP contribution >= 0.6 is 0 Å².